The van der Waals surface area contributed by atoms with Crippen molar-refractivity contribution in [1.29, 1.82) is 0 Å². The van der Waals surface area contributed by atoms with Crippen LogP contribution in [0.4, 0.5) is 4.79 Å². The second-order valence-corrected chi connectivity index (χ2v) is 15.1. The highest BCUT2D eigenvalue weighted by Gasteiger charge is 2.56. The van der Waals surface area contributed by atoms with Gasteiger partial charge in [0, 0.05) is 0 Å². The molecule has 1 aromatic carbocycles. The Bertz CT molecular complexity index is 683. The molecule has 6 nitrogen and oxygen atoms in total. The minimum atomic E-state index is -1.97. The van der Waals surface area contributed by atoms with Crippen molar-refractivity contribution in [2.75, 3.05) is 13.2 Å². The molecule has 7 heteroatoms. The number of epoxide rings is 1. The summed E-state index contributed by atoms with van der Waals surface area (Å²) in [5.74, 6) is 0.288. The van der Waals surface area contributed by atoms with Gasteiger partial charge in [0.25, 0.3) is 0 Å². The Morgan fingerprint density at radius 3 is 2.37 bits per heavy atom. The van der Waals surface area contributed by atoms with Crippen LogP contribution in [0.2, 0.25) is 18.1 Å². The number of aliphatic hydroxyl groups excluding tert-OH is 1. The molecular formula is C23H39NO5Si. The molecule has 3 atom stereocenters. The molecule has 3 unspecified atom stereocenters. The molecule has 30 heavy (non-hydrogen) atoms. The number of amides is 1. The second-order valence-electron chi connectivity index (χ2n) is 10.3. The molecule has 0 bridgehead atoms. The quantitative estimate of drug-likeness (QED) is 0.417. The lowest BCUT2D eigenvalue weighted by Crippen LogP contribution is -2.54. The summed E-state index contributed by atoms with van der Waals surface area (Å²) < 4.78 is 17.4. The van der Waals surface area contributed by atoms with Crippen LogP contribution in [0.15, 0.2) is 30.3 Å². The molecule has 0 saturated carbocycles. The Morgan fingerprint density at radius 1 is 1.27 bits per heavy atom. The van der Waals surface area contributed by atoms with Crippen molar-refractivity contribution in [3.63, 3.8) is 0 Å². The summed E-state index contributed by atoms with van der Waals surface area (Å²) in [6, 6.07) is 9.05. The van der Waals surface area contributed by atoms with Gasteiger partial charge in [0.05, 0.1) is 19.3 Å². The van der Waals surface area contributed by atoms with Crippen LogP contribution in [0, 0.1) is 5.92 Å². The Kier molecular flexibility index (Phi) is 8.13. The molecule has 1 fully saturated rings. The van der Waals surface area contributed by atoms with Gasteiger partial charge in [-0.1, -0.05) is 65.0 Å². The molecule has 170 valence electrons. The Labute approximate surface area is 182 Å². The second kappa shape index (κ2) is 9.81. The molecule has 1 aliphatic heterocycles. The number of nitrogens with one attached hydrogen (secondary N) is 1. The number of hydrogen-bond donors (Lipinski definition) is 2. The van der Waals surface area contributed by atoms with Crippen LogP contribution in [-0.4, -0.2) is 50.5 Å². The lowest BCUT2D eigenvalue weighted by atomic mass is 9.91. The van der Waals surface area contributed by atoms with Crippen LogP contribution >= 0.6 is 0 Å². The monoisotopic (exact) mass is 437 g/mol. The van der Waals surface area contributed by atoms with Gasteiger partial charge in [-0.2, -0.15) is 0 Å². The molecule has 2 rings (SSSR count). The maximum absolute atomic E-state index is 12.4. The van der Waals surface area contributed by atoms with Crippen LogP contribution in [0.3, 0.4) is 0 Å². The van der Waals surface area contributed by atoms with Gasteiger partial charge in [0.2, 0.25) is 0 Å². The van der Waals surface area contributed by atoms with Gasteiger partial charge in [0.1, 0.15) is 18.3 Å². The highest BCUT2D eigenvalue weighted by atomic mass is 28.4. The van der Waals surface area contributed by atoms with E-state index < -0.39 is 32.2 Å². The fourth-order valence-corrected chi connectivity index (χ4v) is 4.05. The normalized spacial score (nSPS) is 21.2. The first kappa shape index (κ1) is 24.9. The van der Waals surface area contributed by atoms with Crippen molar-refractivity contribution in [2.24, 2.45) is 5.92 Å². The van der Waals surface area contributed by atoms with Crippen LogP contribution in [-0.2, 0) is 20.5 Å². The minimum Gasteiger partial charge on any atom is -0.445 e. The van der Waals surface area contributed by atoms with Gasteiger partial charge in [0.15, 0.2) is 8.32 Å². The predicted molar refractivity (Wildman–Crippen MR) is 121 cm³/mol. The van der Waals surface area contributed by atoms with E-state index in [1.807, 2.05) is 30.3 Å². The molecule has 1 saturated heterocycles. The van der Waals surface area contributed by atoms with Gasteiger partial charge in [-0.05, 0) is 36.0 Å². The van der Waals surface area contributed by atoms with E-state index in [0.717, 1.165) is 5.56 Å². The fraction of sp³-hybridized carbons (Fsp3) is 0.696. The zero-order valence-corrected chi connectivity index (χ0v) is 20.5. The Hall–Kier alpha value is -1.41. The van der Waals surface area contributed by atoms with Crippen molar-refractivity contribution >= 4 is 14.4 Å². The van der Waals surface area contributed by atoms with Crippen LogP contribution in [0.1, 0.15) is 46.6 Å². The minimum absolute atomic E-state index is 0.0743. The number of carbonyl (C=O) groups is 1. The number of alkyl carbamates (subject to hydrolysis) is 1. The zero-order chi connectivity index (χ0) is 22.6. The van der Waals surface area contributed by atoms with E-state index in [9.17, 15) is 9.90 Å². The van der Waals surface area contributed by atoms with Gasteiger partial charge in [-0.25, -0.2) is 4.79 Å². The topological polar surface area (TPSA) is 80.3 Å². The Balaban J connectivity index is 1.98. The number of aliphatic hydroxyl groups is 1. The fourth-order valence-electron chi connectivity index (χ4n) is 3.01. The lowest BCUT2D eigenvalue weighted by Gasteiger charge is -2.38. The first-order valence-electron chi connectivity index (χ1n) is 10.8. The number of hydrogen-bond acceptors (Lipinski definition) is 5. The molecule has 0 aromatic heterocycles. The third-order valence-electron chi connectivity index (χ3n) is 6.16. The first-order chi connectivity index (χ1) is 13.9. The maximum Gasteiger partial charge on any atom is 0.407 e. The van der Waals surface area contributed by atoms with E-state index in [2.05, 4.69) is 53.0 Å². The molecule has 0 radical (unpaired) electrons. The first-order valence-corrected chi connectivity index (χ1v) is 13.7. The molecular weight excluding hydrogens is 398 g/mol. The Morgan fingerprint density at radius 2 is 1.87 bits per heavy atom. The van der Waals surface area contributed by atoms with E-state index in [1.54, 1.807) is 0 Å². The molecule has 1 aliphatic rings. The van der Waals surface area contributed by atoms with Crippen LogP contribution in [0.5, 0.6) is 0 Å². The number of benzene rings is 1. The molecule has 1 aromatic rings. The maximum atomic E-state index is 12.4. The smallest absolute Gasteiger partial charge is 0.407 e. The van der Waals surface area contributed by atoms with Crippen molar-refractivity contribution in [2.45, 2.75) is 83.5 Å². The highest BCUT2D eigenvalue weighted by molar-refractivity contribution is 6.74. The van der Waals surface area contributed by atoms with Gasteiger partial charge in [-0.15, -0.1) is 0 Å². The van der Waals surface area contributed by atoms with Crippen LogP contribution in [0.25, 0.3) is 0 Å². The number of rotatable bonds is 10. The summed E-state index contributed by atoms with van der Waals surface area (Å²) in [6.45, 7) is 16.0. The van der Waals surface area contributed by atoms with Gasteiger partial charge in [-0.3, -0.25) is 0 Å². The average molecular weight is 438 g/mol. The number of carbonyl (C=O) groups excluding carboxylic acids is 1. The molecule has 1 amide bonds. The van der Waals surface area contributed by atoms with Crippen molar-refractivity contribution in [3.8, 4) is 0 Å². The van der Waals surface area contributed by atoms with Crippen LogP contribution < -0.4 is 5.32 Å². The van der Waals surface area contributed by atoms with Gasteiger partial charge < -0.3 is 24.3 Å². The number of ether oxygens (including phenoxy) is 2. The largest absolute Gasteiger partial charge is 0.445 e. The average Bonchev–Trinajstić information content (AvgIpc) is 3.44. The van der Waals surface area contributed by atoms with E-state index in [0.29, 0.717) is 19.6 Å². The van der Waals surface area contributed by atoms with E-state index >= 15 is 0 Å². The van der Waals surface area contributed by atoms with Crippen molar-refractivity contribution in [3.05, 3.63) is 35.9 Å². The summed E-state index contributed by atoms with van der Waals surface area (Å²) in [4.78, 5) is 12.4. The molecule has 1 heterocycles. The van der Waals surface area contributed by atoms with E-state index in [1.165, 1.54) is 0 Å². The molecule has 0 aliphatic carbocycles. The predicted octanol–water partition coefficient (Wildman–Crippen LogP) is 4.48. The zero-order valence-electron chi connectivity index (χ0n) is 19.5. The third kappa shape index (κ3) is 6.80. The SMILES string of the molecule is CC(C)CC(NC(=O)OCc1ccccc1)C(O)C1(CO[Si](C)(C)C(C)(C)C)CO1. The third-order valence-corrected chi connectivity index (χ3v) is 10.6. The summed E-state index contributed by atoms with van der Waals surface area (Å²) in [5, 5.41) is 14.1. The lowest BCUT2D eigenvalue weighted by molar-refractivity contribution is 0.00921. The van der Waals surface area contributed by atoms with Crippen molar-refractivity contribution < 1.29 is 23.8 Å². The summed E-state index contributed by atoms with van der Waals surface area (Å²) in [7, 11) is -1.97. The summed E-state index contributed by atoms with van der Waals surface area (Å²) in [5.41, 5.74) is 0.153. The van der Waals surface area contributed by atoms with Gasteiger partial charge >= 0.3 is 6.09 Å². The summed E-state index contributed by atoms with van der Waals surface area (Å²) in [6.07, 6.45) is -0.786. The molecule has 2 N–H and O–H groups in total. The molecule has 0 spiro atoms. The van der Waals surface area contributed by atoms with E-state index in [-0.39, 0.29) is 17.6 Å². The van der Waals surface area contributed by atoms with E-state index in [4.69, 9.17) is 13.9 Å². The summed E-state index contributed by atoms with van der Waals surface area (Å²) >= 11 is 0. The van der Waals surface area contributed by atoms with Crippen molar-refractivity contribution in [1.82, 2.24) is 5.32 Å². The highest BCUT2D eigenvalue weighted by Crippen LogP contribution is 2.40. The standard InChI is InChI=1S/C23H39NO5Si/c1-17(2)13-19(24-21(26)27-14-18-11-9-8-10-12-18)20(25)23(15-28-23)16-29-30(6,7)22(3,4)5/h8-12,17,19-20,25H,13-16H2,1-7H3,(H,24,26).